The number of nitrogens with one attached hydrogen (secondary N) is 2. The summed E-state index contributed by atoms with van der Waals surface area (Å²) in [6.45, 7) is 10.7. The molecule has 4 atom stereocenters. The van der Waals surface area contributed by atoms with Crippen molar-refractivity contribution in [2.75, 3.05) is 6.54 Å². The van der Waals surface area contributed by atoms with Crippen LogP contribution in [0.25, 0.3) is 0 Å². The lowest BCUT2D eigenvalue weighted by molar-refractivity contribution is 0.249. The molecule has 114 valence electrons. The van der Waals surface area contributed by atoms with Crippen molar-refractivity contribution in [1.82, 2.24) is 10.0 Å². The van der Waals surface area contributed by atoms with Crippen molar-refractivity contribution in [1.29, 1.82) is 0 Å². The van der Waals surface area contributed by atoms with E-state index in [1.807, 2.05) is 13.8 Å². The molecule has 0 aromatic heterocycles. The molecule has 0 radical (unpaired) electrons. The number of hydrogen-bond acceptors (Lipinski definition) is 3. The first-order chi connectivity index (χ1) is 8.72. The molecule has 0 aromatic carbocycles. The van der Waals surface area contributed by atoms with Crippen LogP contribution in [0.4, 0.5) is 0 Å². The molecule has 1 saturated carbocycles. The van der Waals surface area contributed by atoms with Crippen LogP contribution < -0.4 is 10.0 Å². The van der Waals surface area contributed by atoms with Crippen LogP contribution in [0.2, 0.25) is 0 Å². The van der Waals surface area contributed by atoms with Crippen LogP contribution in [0.3, 0.4) is 0 Å². The summed E-state index contributed by atoms with van der Waals surface area (Å²) in [6.07, 6.45) is 3.20. The summed E-state index contributed by atoms with van der Waals surface area (Å²) in [5.74, 6) is 1.15. The second-order valence-electron chi connectivity index (χ2n) is 6.54. The molecule has 0 bridgehead atoms. The first kappa shape index (κ1) is 16.9. The fourth-order valence-electron chi connectivity index (χ4n) is 2.68. The minimum atomic E-state index is -3.22. The van der Waals surface area contributed by atoms with E-state index in [1.54, 1.807) is 6.92 Å². The van der Waals surface area contributed by atoms with Gasteiger partial charge < -0.3 is 5.32 Å². The zero-order valence-corrected chi connectivity index (χ0v) is 13.8. The summed E-state index contributed by atoms with van der Waals surface area (Å²) in [7, 11) is -3.22. The average Bonchev–Trinajstić information content (AvgIpc) is 2.29. The minimum absolute atomic E-state index is 0.114. The third-order valence-electron chi connectivity index (χ3n) is 4.09. The Morgan fingerprint density at radius 1 is 1.16 bits per heavy atom. The molecule has 0 aromatic rings. The van der Waals surface area contributed by atoms with E-state index in [2.05, 4.69) is 23.9 Å². The third kappa shape index (κ3) is 5.40. The standard InChI is InChI=1S/C14H30N2O2S/c1-10(2)15-9-13(5)19(17,18)16-14-7-6-11(3)8-12(14)4/h10-16H,6-9H2,1-5H3. The van der Waals surface area contributed by atoms with E-state index < -0.39 is 10.0 Å². The van der Waals surface area contributed by atoms with Crippen molar-refractivity contribution in [3.8, 4) is 0 Å². The van der Waals surface area contributed by atoms with Gasteiger partial charge in [0, 0.05) is 18.6 Å². The summed E-state index contributed by atoms with van der Waals surface area (Å²) in [6, 6.07) is 0.426. The van der Waals surface area contributed by atoms with Crippen molar-refractivity contribution in [3.05, 3.63) is 0 Å². The van der Waals surface area contributed by atoms with Gasteiger partial charge in [0.2, 0.25) is 10.0 Å². The molecule has 4 unspecified atom stereocenters. The molecule has 2 N–H and O–H groups in total. The van der Waals surface area contributed by atoms with Crippen molar-refractivity contribution in [3.63, 3.8) is 0 Å². The van der Waals surface area contributed by atoms with Gasteiger partial charge in [0.05, 0.1) is 5.25 Å². The van der Waals surface area contributed by atoms with E-state index in [0.717, 1.165) is 25.2 Å². The van der Waals surface area contributed by atoms with Gasteiger partial charge in [-0.05, 0) is 38.0 Å². The van der Waals surface area contributed by atoms with Crippen LogP contribution in [0.1, 0.15) is 53.9 Å². The molecule has 1 aliphatic rings. The van der Waals surface area contributed by atoms with Gasteiger partial charge in [-0.2, -0.15) is 0 Å². The molecule has 0 heterocycles. The highest BCUT2D eigenvalue weighted by Crippen LogP contribution is 2.29. The third-order valence-corrected chi connectivity index (χ3v) is 5.95. The van der Waals surface area contributed by atoms with Gasteiger partial charge in [0.25, 0.3) is 0 Å². The van der Waals surface area contributed by atoms with Gasteiger partial charge >= 0.3 is 0 Å². The van der Waals surface area contributed by atoms with Crippen molar-refractivity contribution < 1.29 is 8.42 Å². The fraction of sp³-hybridized carbons (Fsp3) is 1.00. The number of rotatable bonds is 6. The highest BCUT2D eigenvalue weighted by Gasteiger charge is 2.30. The molecule has 1 rings (SSSR count). The first-order valence-electron chi connectivity index (χ1n) is 7.47. The van der Waals surface area contributed by atoms with Crippen LogP contribution in [0, 0.1) is 11.8 Å². The predicted octanol–water partition coefficient (Wildman–Crippen LogP) is 2.12. The van der Waals surface area contributed by atoms with Gasteiger partial charge in [-0.25, -0.2) is 13.1 Å². The molecule has 19 heavy (non-hydrogen) atoms. The van der Waals surface area contributed by atoms with Gasteiger partial charge in [-0.3, -0.25) is 0 Å². The highest BCUT2D eigenvalue weighted by atomic mass is 32.2. The molecule has 1 aliphatic carbocycles. The summed E-state index contributed by atoms with van der Waals surface area (Å²) in [5, 5.41) is 2.80. The Labute approximate surface area is 118 Å². The van der Waals surface area contributed by atoms with E-state index in [-0.39, 0.29) is 11.3 Å². The first-order valence-corrected chi connectivity index (χ1v) is 9.01. The van der Waals surface area contributed by atoms with Crippen LogP contribution in [0.15, 0.2) is 0 Å². The Kier molecular flexibility index (Phi) is 6.27. The summed E-state index contributed by atoms with van der Waals surface area (Å²) < 4.78 is 27.5. The maximum absolute atomic E-state index is 12.3. The smallest absolute Gasteiger partial charge is 0.215 e. The van der Waals surface area contributed by atoms with Gasteiger partial charge in [-0.1, -0.05) is 27.7 Å². The van der Waals surface area contributed by atoms with Gasteiger partial charge in [-0.15, -0.1) is 0 Å². The van der Waals surface area contributed by atoms with Crippen molar-refractivity contribution >= 4 is 10.0 Å². The Bertz CT molecular complexity index is 368. The van der Waals surface area contributed by atoms with E-state index >= 15 is 0 Å². The number of hydrogen-bond donors (Lipinski definition) is 2. The monoisotopic (exact) mass is 290 g/mol. The quantitative estimate of drug-likeness (QED) is 0.788. The minimum Gasteiger partial charge on any atom is -0.313 e. The van der Waals surface area contributed by atoms with Crippen LogP contribution in [0.5, 0.6) is 0 Å². The SMILES string of the molecule is CC1CCC(NS(=O)(=O)C(C)CNC(C)C)C(C)C1. The molecular weight excluding hydrogens is 260 g/mol. The molecule has 5 heteroatoms. The predicted molar refractivity (Wildman–Crippen MR) is 80.6 cm³/mol. The topological polar surface area (TPSA) is 58.2 Å². The van der Waals surface area contributed by atoms with E-state index in [0.29, 0.717) is 18.5 Å². The fourth-order valence-corrected chi connectivity index (χ4v) is 4.00. The van der Waals surface area contributed by atoms with Crippen LogP contribution in [-0.4, -0.2) is 32.3 Å². The Hall–Kier alpha value is -0.130. The second-order valence-corrected chi connectivity index (χ2v) is 8.67. The molecule has 0 aliphatic heterocycles. The molecule has 1 fully saturated rings. The lowest BCUT2D eigenvalue weighted by Gasteiger charge is -2.33. The van der Waals surface area contributed by atoms with Crippen LogP contribution in [-0.2, 0) is 10.0 Å². The van der Waals surface area contributed by atoms with E-state index in [4.69, 9.17) is 0 Å². The Morgan fingerprint density at radius 3 is 2.32 bits per heavy atom. The van der Waals surface area contributed by atoms with Crippen LogP contribution >= 0.6 is 0 Å². The maximum atomic E-state index is 12.3. The summed E-state index contributed by atoms with van der Waals surface area (Å²) in [5.41, 5.74) is 0. The molecule has 0 saturated heterocycles. The molecule has 4 nitrogen and oxygen atoms in total. The maximum Gasteiger partial charge on any atom is 0.215 e. The van der Waals surface area contributed by atoms with Crippen molar-refractivity contribution in [2.24, 2.45) is 11.8 Å². The highest BCUT2D eigenvalue weighted by molar-refractivity contribution is 7.90. The number of sulfonamides is 1. The van der Waals surface area contributed by atoms with Gasteiger partial charge in [0.1, 0.15) is 0 Å². The van der Waals surface area contributed by atoms with E-state index in [9.17, 15) is 8.42 Å². The lowest BCUT2D eigenvalue weighted by Crippen LogP contribution is -2.48. The molecule has 0 spiro atoms. The summed E-state index contributed by atoms with van der Waals surface area (Å²) in [4.78, 5) is 0. The zero-order chi connectivity index (χ0) is 14.6. The molecular formula is C14H30N2O2S. The van der Waals surface area contributed by atoms with Gasteiger partial charge in [0.15, 0.2) is 0 Å². The summed E-state index contributed by atoms with van der Waals surface area (Å²) >= 11 is 0. The second kappa shape index (κ2) is 7.04. The zero-order valence-electron chi connectivity index (χ0n) is 12.9. The lowest BCUT2D eigenvalue weighted by atomic mass is 9.80. The van der Waals surface area contributed by atoms with Crippen molar-refractivity contribution in [2.45, 2.75) is 71.2 Å². The Morgan fingerprint density at radius 2 is 1.79 bits per heavy atom. The van der Waals surface area contributed by atoms with E-state index in [1.165, 1.54) is 0 Å². The Balaban J connectivity index is 2.54. The largest absolute Gasteiger partial charge is 0.313 e. The normalized spacial score (nSPS) is 30.5. The molecule has 0 amide bonds. The average molecular weight is 290 g/mol.